The lowest BCUT2D eigenvalue weighted by atomic mass is 9.69. The zero-order valence-corrected chi connectivity index (χ0v) is 15.5. The lowest BCUT2D eigenvalue weighted by Gasteiger charge is -2.39. The minimum Gasteiger partial charge on any atom is -0.360 e. The van der Waals surface area contributed by atoms with E-state index in [9.17, 15) is 0 Å². The van der Waals surface area contributed by atoms with Crippen molar-refractivity contribution in [3.8, 4) is 0 Å². The van der Waals surface area contributed by atoms with Crippen molar-refractivity contribution < 1.29 is 0 Å². The Morgan fingerprint density at radius 2 is 1.96 bits per heavy atom. The topological polar surface area (TPSA) is 15.6 Å². The second-order valence-corrected chi connectivity index (χ2v) is 8.97. The average molecular weight is 363 g/mol. The van der Waals surface area contributed by atoms with Gasteiger partial charge in [0.1, 0.15) is 0 Å². The Balaban J connectivity index is 1.56. The molecule has 2 aliphatic carbocycles. The number of fused-ring (bicyclic) bond motifs is 3. The SMILES string of the molecule is Clc1ccc(C2C3CCC(C3)C23CCC(N2CCCC2)=N3)c(Cl)c1. The number of amidine groups is 1. The predicted molar refractivity (Wildman–Crippen MR) is 100 cm³/mol. The fourth-order valence-corrected chi connectivity index (χ4v) is 6.63. The fourth-order valence-electron chi connectivity index (χ4n) is 6.10. The van der Waals surface area contributed by atoms with Crippen molar-refractivity contribution in [1.82, 2.24) is 4.90 Å². The number of benzene rings is 1. The van der Waals surface area contributed by atoms with Crippen LogP contribution < -0.4 is 0 Å². The summed E-state index contributed by atoms with van der Waals surface area (Å²) in [4.78, 5) is 8.00. The first-order valence-electron chi connectivity index (χ1n) is 9.46. The monoisotopic (exact) mass is 362 g/mol. The van der Waals surface area contributed by atoms with E-state index in [4.69, 9.17) is 28.2 Å². The number of halogens is 2. The number of likely N-dealkylation sites (tertiary alicyclic amines) is 1. The van der Waals surface area contributed by atoms with E-state index >= 15 is 0 Å². The van der Waals surface area contributed by atoms with Crippen LogP contribution in [0.4, 0.5) is 0 Å². The molecule has 5 rings (SSSR count). The highest BCUT2D eigenvalue weighted by Gasteiger charge is 2.60. The van der Waals surface area contributed by atoms with Crippen LogP contribution >= 0.6 is 23.2 Å². The lowest BCUT2D eigenvalue weighted by Crippen LogP contribution is -2.38. The molecule has 2 bridgehead atoms. The molecule has 2 nitrogen and oxygen atoms in total. The van der Waals surface area contributed by atoms with E-state index in [1.165, 1.54) is 63.0 Å². The molecule has 0 N–H and O–H groups in total. The molecule has 2 aliphatic heterocycles. The summed E-state index contributed by atoms with van der Waals surface area (Å²) in [6.07, 6.45) is 9.04. The maximum absolute atomic E-state index is 6.63. The molecule has 1 aromatic rings. The molecule has 128 valence electrons. The first-order chi connectivity index (χ1) is 11.7. The van der Waals surface area contributed by atoms with Crippen LogP contribution in [0.3, 0.4) is 0 Å². The van der Waals surface area contributed by atoms with Crippen LogP contribution in [0.15, 0.2) is 23.2 Å². The van der Waals surface area contributed by atoms with Crippen LogP contribution in [-0.4, -0.2) is 29.4 Å². The van der Waals surface area contributed by atoms with E-state index in [1.807, 2.05) is 12.1 Å². The van der Waals surface area contributed by atoms with Gasteiger partial charge in [-0.25, -0.2) is 0 Å². The fraction of sp³-hybridized carbons (Fsp3) is 0.650. The number of aliphatic imine (C=N–C) groups is 1. The van der Waals surface area contributed by atoms with E-state index in [-0.39, 0.29) is 5.54 Å². The zero-order chi connectivity index (χ0) is 16.3. The Morgan fingerprint density at radius 3 is 2.75 bits per heavy atom. The maximum atomic E-state index is 6.63. The summed E-state index contributed by atoms with van der Waals surface area (Å²) >= 11 is 12.8. The molecule has 2 heterocycles. The summed E-state index contributed by atoms with van der Waals surface area (Å²) in [5.41, 5.74) is 1.40. The van der Waals surface area contributed by atoms with Crippen molar-refractivity contribution >= 4 is 29.0 Å². The Labute approximate surface area is 154 Å². The predicted octanol–water partition coefficient (Wildman–Crippen LogP) is 5.53. The molecule has 24 heavy (non-hydrogen) atoms. The van der Waals surface area contributed by atoms with Gasteiger partial charge in [-0.05, 0) is 68.1 Å². The molecule has 1 aromatic carbocycles. The number of hydrogen-bond donors (Lipinski definition) is 0. The molecule has 1 spiro atoms. The summed E-state index contributed by atoms with van der Waals surface area (Å²) in [7, 11) is 0. The first kappa shape index (κ1) is 15.5. The Hall–Kier alpha value is -0.730. The third-order valence-corrected chi connectivity index (χ3v) is 7.61. The van der Waals surface area contributed by atoms with E-state index < -0.39 is 0 Å². The zero-order valence-electron chi connectivity index (χ0n) is 14.0. The summed E-state index contributed by atoms with van der Waals surface area (Å²) in [5.74, 6) is 3.37. The molecule has 4 aliphatic rings. The van der Waals surface area contributed by atoms with E-state index in [0.717, 1.165) is 28.3 Å². The van der Waals surface area contributed by atoms with Gasteiger partial charge in [0.15, 0.2) is 0 Å². The van der Waals surface area contributed by atoms with Crippen molar-refractivity contribution in [3.05, 3.63) is 33.8 Å². The first-order valence-corrected chi connectivity index (χ1v) is 10.2. The van der Waals surface area contributed by atoms with Gasteiger partial charge in [-0.2, -0.15) is 0 Å². The van der Waals surface area contributed by atoms with Crippen molar-refractivity contribution in [2.75, 3.05) is 13.1 Å². The van der Waals surface area contributed by atoms with Gasteiger partial charge < -0.3 is 4.90 Å². The third-order valence-electron chi connectivity index (χ3n) is 7.05. The van der Waals surface area contributed by atoms with Gasteiger partial charge in [-0.15, -0.1) is 0 Å². The molecular formula is C20H24Cl2N2. The van der Waals surface area contributed by atoms with Crippen LogP contribution in [0.5, 0.6) is 0 Å². The van der Waals surface area contributed by atoms with E-state index in [1.54, 1.807) is 0 Å². The van der Waals surface area contributed by atoms with Crippen molar-refractivity contribution in [2.24, 2.45) is 16.8 Å². The highest BCUT2D eigenvalue weighted by atomic mass is 35.5. The third kappa shape index (κ3) is 2.18. The molecule has 0 radical (unpaired) electrons. The Bertz CT molecular complexity index is 695. The number of hydrogen-bond acceptors (Lipinski definition) is 2. The van der Waals surface area contributed by atoms with Crippen LogP contribution in [0.25, 0.3) is 0 Å². The Morgan fingerprint density at radius 1 is 1.12 bits per heavy atom. The van der Waals surface area contributed by atoms with Gasteiger partial charge in [0, 0.05) is 35.5 Å². The summed E-state index contributed by atoms with van der Waals surface area (Å²) in [5, 5.41) is 1.57. The standard InChI is InChI=1S/C20H24Cl2N2/c21-15-5-6-16(17(22)12-15)19-13-3-4-14(11-13)20(19)8-7-18(23-20)24-9-1-2-10-24/h5-6,12-14,19H,1-4,7-11H2. The summed E-state index contributed by atoms with van der Waals surface area (Å²) in [6.45, 7) is 2.41. The number of rotatable bonds is 1. The lowest BCUT2D eigenvalue weighted by molar-refractivity contribution is 0.234. The minimum absolute atomic E-state index is 0.109. The molecule has 0 amide bonds. The van der Waals surface area contributed by atoms with Crippen molar-refractivity contribution in [2.45, 2.75) is 56.4 Å². The van der Waals surface area contributed by atoms with Crippen LogP contribution in [-0.2, 0) is 0 Å². The molecule has 4 unspecified atom stereocenters. The summed E-state index contributed by atoms with van der Waals surface area (Å²) in [6, 6.07) is 6.09. The van der Waals surface area contributed by atoms with Gasteiger partial charge >= 0.3 is 0 Å². The van der Waals surface area contributed by atoms with E-state index in [2.05, 4.69) is 11.0 Å². The van der Waals surface area contributed by atoms with Gasteiger partial charge in [0.2, 0.25) is 0 Å². The van der Waals surface area contributed by atoms with E-state index in [0.29, 0.717) is 5.92 Å². The van der Waals surface area contributed by atoms with Gasteiger partial charge in [0.25, 0.3) is 0 Å². The average Bonchev–Trinajstić information content (AvgIpc) is 3.32. The molecule has 4 heteroatoms. The second kappa shape index (κ2) is 5.64. The molecule has 4 atom stereocenters. The van der Waals surface area contributed by atoms with Crippen molar-refractivity contribution in [1.29, 1.82) is 0 Å². The van der Waals surface area contributed by atoms with Gasteiger partial charge in [-0.3, -0.25) is 4.99 Å². The second-order valence-electron chi connectivity index (χ2n) is 8.13. The van der Waals surface area contributed by atoms with Gasteiger partial charge in [0.05, 0.1) is 11.4 Å². The van der Waals surface area contributed by atoms with Crippen molar-refractivity contribution in [3.63, 3.8) is 0 Å². The Kier molecular flexibility index (Phi) is 3.65. The molecule has 1 saturated heterocycles. The highest BCUT2D eigenvalue weighted by Crippen LogP contribution is 2.64. The van der Waals surface area contributed by atoms with Crippen LogP contribution in [0, 0.1) is 11.8 Å². The molecule has 3 fully saturated rings. The molecule has 0 aromatic heterocycles. The summed E-state index contributed by atoms with van der Waals surface area (Å²) < 4.78 is 0. The molecular weight excluding hydrogens is 339 g/mol. The maximum Gasteiger partial charge on any atom is 0.0997 e. The van der Waals surface area contributed by atoms with Gasteiger partial charge in [-0.1, -0.05) is 29.3 Å². The molecule has 2 saturated carbocycles. The quantitative estimate of drug-likeness (QED) is 0.640. The normalized spacial score (nSPS) is 37.7. The highest BCUT2D eigenvalue weighted by molar-refractivity contribution is 6.35. The minimum atomic E-state index is 0.109. The van der Waals surface area contributed by atoms with Crippen LogP contribution in [0.2, 0.25) is 10.0 Å². The number of nitrogens with zero attached hydrogens (tertiary/aromatic N) is 2. The van der Waals surface area contributed by atoms with Crippen LogP contribution in [0.1, 0.15) is 56.4 Å². The smallest absolute Gasteiger partial charge is 0.0997 e. The largest absolute Gasteiger partial charge is 0.360 e.